The Morgan fingerprint density at radius 2 is 2.12 bits per heavy atom. The van der Waals surface area contributed by atoms with E-state index in [0.717, 1.165) is 17.9 Å². The van der Waals surface area contributed by atoms with Crippen molar-refractivity contribution in [1.82, 2.24) is 5.32 Å². The molecule has 1 aliphatic rings. The quantitative estimate of drug-likeness (QED) is 0.596. The largest absolute Gasteiger partial charge is 0.288 e. The van der Waals surface area contributed by atoms with Gasteiger partial charge in [-0.15, -0.1) is 0 Å². The topological polar surface area (TPSA) is 55.1 Å². The fourth-order valence-electron chi connectivity index (χ4n) is 1.49. The van der Waals surface area contributed by atoms with Gasteiger partial charge in [-0.2, -0.15) is 0 Å². The molecule has 0 bridgehead atoms. The zero-order chi connectivity index (χ0) is 11.4. The zero-order valence-corrected chi connectivity index (χ0v) is 9.67. The summed E-state index contributed by atoms with van der Waals surface area (Å²) in [5, 5.41) is 3.73. The molecule has 1 unspecified atom stereocenters. The maximum Gasteiger partial charge on any atom is 0.209 e. The molecule has 4 heteroatoms. The second-order valence-corrected chi connectivity index (χ2v) is 5.48. The third-order valence-corrected chi connectivity index (χ3v) is 4.23. The van der Waals surface area contributed by atoms with Gasteiger partial charge in [0.15, 0.2) is 0 Å². The van der Waals surface area contributed by atoms with Gasteiger partial charge < -0.3 is 0 Å². The highest BCUT2D eigenvalue weighted by atomic mass is 32.2. The van der Waals surface area contributed by atoms with Crippen molar-refractivity contribution in [2.45, 2.75) is 0 Å². The number of carbonyl (C=O) groups excluding carboxylic acids is 1. The van der Waals surface area contributed by atoms with Gasteiger partial charge in [-0.3, -0.25) is 15.8 Å². The SMILES string of the molecule is NC1=S(C(=O)C=Cc2ccccc2)CCN1. The Bertz CT molecular complexity index is 451. The predicted octanol–water partition coefficient (Wildman–Crippen LogP) is 1.14. The minimum Gasteiger partial charge on any atom is -0.288 e. The Morgan fingerprint density at radius 3 is 2.75 bits per heavy atom. The zero-order valence-electron chi connectivity index (χ0n) is 8.85. The van der Waals surface area contributed by atoms with Crippen molar-refractivity contribution >= 4 is 26.8 Å². The molecule has 0 spiro atoms. The maximum absolute atomic E-state index is 11.8. The van der Waals surface area contributed by atoms with Gasteiger partial charge in [-0.1, -0.05) is 46.9 Å². The average molecular weight is 234 g/mol. The monoisotopic (exact) mass is 234 g/mol. The Balaban J connectivity index is 2.08. The molecule has 1 atom stereocenters. The Hall–Kier alpha value is -1.23. The number of nitrogens with one attached hydrogen (secondary N) is 1. The number of nitrogens with two attached hydrogens (primary N) is 1. The Labute approximate surface area is 97.3 Å². The summed E-state index contributed by atoms with van der Waals surface area (Å²) in [7, 11) is -0.433. The van der Waals surface area contributed by atoms with Crippen LogP contribution in [0.25, 0.3) is 6.08 Å². The molecule has 1 heterocycles. The van der Waals surface area contributed by atoms with Gasteiger partial charge in [-0.25, -0.2) is 0 Å². The van der Waals surface area contributed by atoms with Crippen molar-refractivity contribution in [1.29, 1.82) is 0 Å². The van der Waals surface area contributed by atoms with Gasteiger partial charge in [0.05, 0.1) is 5.11 Å². The molecule has 3 nitrogen and oxygen atoms in total. The van der Waals surface area contributed by atoms with Crippen LogP contribution in [0.1, 0.15) is 5.56 Å². The second kappa shape index (κ2) is 5.21. The van der Waals surface area contributed by atoms with Crippen LogP contribution in [0.4, 0.5) is 0 Å². The standard InChI is InChI=1S/C12H14N2OS/c13-12-14-8-9-16(12)11(15)7-6-10-4-2-1-3-5-10/h1-7,14H,8-9,13H2. The molecular weight excluding hydrogens is 220 g/mol. The van der Waals surface area contributed by atoms with Gasteiger partial charge in [0, 0.05) is 12.3 Å². The highest BCUT2D eigenvalue weighted by Gasteiger charge is 2.14. The molecule has 84 valence electrons. The normalized spacial score (nSPS) is 20.6. The minimum absolute atomic E-state index is 0.103. The molecule has 0 amide bonds. The smallest absolute Gasteiger partial charge is 0.209 e. The summed E-state index contributed by atoms with van der Waals surface area (Å²) >= 11 is 0. The van der Waals surface area contributed by atoms with Crippen LogP contribution in [0.5, 0.6) is 0 Å². The van der Waals surface area contributed by atoms with Crippen LogP contribution < -0.4 is 11.1 Å². The van der Waals surface area contributed by atoms with Crippen LogP contribution in [0.15, 0.2) is 36.4 Å². The second-order valence-electron chi connectivity index (χ2n) is 3.45. The first-order valence-corrected chi connectivity index (χ1v) is 6.51. The molecule has 0 aromatic heterocycles. The van der Waals surface area contributed by atoms with E-state index in [0.29, 0.717) is 5.11 Å². The van der Waals surface area contributed by atoms with E-state index in [1.54, 1.807) is 6.08 Å². The third-order valence-electron chi connectivity index (χ3n) is 2.33. The van der Waals surface area contributed by atoms with E-state index in [1.807, 2.05) is 36.4 Å². The van der Waals surface area contributed by atoms with Gasteiger partial charge in [0.25, 0.3) is 0 Å². The maximum atomic E-state index is 11.8. The van der Waals surface area contributed by atoms with Crippen LogP contribution in [0, 0.1) is 0 Å². The summed E-state index contributed by atoms with van der Waals surface area (Å²) in [4.78, 5) is 11.8. The number of carbonyl (C=O) groups is 1. The fraction of sp³-hybridized carbons (Fsp3) is 0.167. The van der Waals surface area contributed by atoms with Crippen LogP contribution in [0.2, 0.25) is 0 Å². The van der Waals surface area contributed by atoms with Gasteiger partial charge in [-0.05, 0) is 11.6 Å². The first kappa shape index (κ1) is 11.3. The van der Waals surface area contributed by atoms with Gasteiger partial charge in [0.1, 0.15) is 0 Å². The molecule has 1 aliphatic heterocycles. The molecular formula is C12H14N2OS. The summed E-state index contributed by atoms with van der Waals surface area (Å²) in [6.07, 6.45) is 3.46. The highest BCUT2D eigenvalue weighted by molar-refractivity contribution is 8.28. The van der Waals surface area contributed by atoms with Crippen LogP contribution in [0.3, 0.4) is 0 Å². The number of hydrogen-bond acceptors (Lipinski definition) is 3. The Morgan fingerprint density at radius 1 is 1.38 bits per heavy atom. The van der Waals surface area contributed by atoms with E-state index in [1.165, 1.54) is 0 Å². The fourth-order valence-corrected chi connectivity index (χ4v) is 2.95. The first-order chi connectivity index (χ1) is 7.77. The van der Waals surface area contributed by atoms with E-state index in [4.69, 9.17) is 5.73 Å². The molecule has 0 fully saturated rings. The lowest BCUT2D eigenvalue weighted by Crippen LogP contribution is -2.26. The van der Waals surface area contributed by atoms with E-state index in [2.05, 4.69) is 5.32 Å². The molecule has 1 aromatic carbocycles. The Kier molecular flexibility index (Phi) is 3.66. The van der Waals surface area contributed by atoms with Gasteiger partial charge in [0.2, 0.25) is 5.12 Å². The summed E-state index contributed by atoms with van der Waals surface area (Å²) in [5.74, 6) is 0.823. The molecule has 1 aromatic rings. The molecule has 0 aliphatic carbocycles. The molecule has 16 heavy (non-hydrogen) atoms. The lowest BCUT2D eigenvalue weighted by atomic mass is 10.2. The molecule has 0 saturated heterocycles. The van der Waals surface area contributed by atoms with E-state index in [-0.39, 0.29) is 5.12 Å². The van der Waals surface area contributed by atoms with Crippen LogP contribution in [-0.2, 0) is 4.79 Å². The number of benzene rings is 1. The van der Waals surface area contributed by atoms with Crippen molar-refractivity contribution in [3.63, 3.8) is 0 Å². The van der Waals surface area contributed by atoms with E-state index in [9.17, 15) is 4.79 Å². The van der Waals surface area contributed by atoms with Crippen LogP contribution in [-0.4, -0.2) is 22.5 Å². The van der Waals surface area contributed by atoms with Crippen LogP contribution >= 0.6 is 10.5 Å². The summed E-state index contributed by atoms with van der Waals surface area (Å²) in [5.41, 5.74) is 6.74. The predicted molar refractivity (Wildman–Crippen MR) is 70.1 cm³/mol. The van der Waals surface area contributed by atoms with Crippen molar-refractivity contribution in [3.8, 4) is 0 Å². The molecule has 0 saturated carbocycles. The van der Waals surface area contributed by atoms with Gasteiger partial charge >= 0.3 is 0 Å². The summed E-state index contributed by atoms with van der Waals surface area (Å²) < 4.78 is 0. The number of hydrogen-bond donors (Lipinski definition) is 2. The first-order valence-electron chi connectivity index (χ1n) is 5.11. The molecule has 2 rings (SSSR count). The summed E-state index contributed by atoms with van der Waals surface area (Å²) in [6, 6.07) is 9.78. The summed E-state index contributed by atoms with van der Waals surface area (Å²) in [6.45, 7) is 0.805. The lowest BCUT2D eigenvalue weighted by molar-refractivity contribution is -0.107. The highest BCUT2D eigenvalue weighted by Crippen LogP contribution is 2.18. The van der Waals surface area contributed by atoms with Crippen molar-refractivity contribution < 1.29 is 4.79 Å². The van der Waals surface area contributed by atoms with E-state index < -0.39 is 10.5 Å². The molecule has 3 N–H and O–H groups in total. The third kappa shape index (κ3) is 2.66. The van der Waals surface area contributed by atoms with Crippen molar-refractivity contribution in [2.75, 3.05) is 12.3 Å². The lowest BCUT2D eigenvalue weighted by Gasteiger charge is -1.98. The molecule has 0 radical (unpaired) electrons. The van der Waals surface area contributed by atoms with E-state index >= 15 is 0 Å². The number of rotatable bonds is 2. The van der Waals surface area contributed by atoms with Crippen molar-refractivity contribution in [2.24, 2.45) is 5.73 Å². The average Bonchev–Trinajstić information content (AvgIpc) is 2.74. The van der Waals surface area contributed by atoms with Crippen molar-refractivity contribution in [3.05, 3.63) is 42.0 Å². The minimum atomic E-state index is -0.433.